The molecule has 148 valence electrons. The van der Waals surface area contributed by atoms with Gasteiger partial charge in [0.15, 0.2) is 23.0 Å². The molecule has 1 aliphatic rings. The van der Waals surface area contributed by atoms with Crippen LogP contribution in [0.2, 0.25) is 0 Å². The van der Waals surface area contributed by atoms with Crippen molar-refractivity contribution in [2.45, 2.75) is 6.42 Å². The summed E-state index contributed by atoms with van der Waals surface area (Å²) in [6.07, 6.45) is 2.51. The van der Waals surface area contributed by atoms with Crippen molar-refractivity contribution in [2.24, 2.45) is 5.92 Å². The van der Waals surface area contributed by atoms with Crippen molar-refractivity contribution in [3.8, 4) is 23.0 Å². The smallest absolute Gasteiger partial charge is 0.334 e. The highest BCUT2D eigenvalue weighted by Crippen LogP contribution is 2.33. The summed E-state index contributed by atoms with van der Waals surface area (Å²) in [7, 11) is 6.37. The van der Waals surface area contributed by atoms with Crippen molar-refractivity contribution >= 4 is 12.0 Å². The van der Waals surface area contributed by atoms with E-state index in [2.05, 4.69) is 0 Å². The second kappa shape index (κ2) is 8.69. The van der Waals surface area contributed by atoms with E-state index in [0.717, 1.165) is 11.1 Å². The maximum Gasteiger partial charge on any atom is 0.334 e. The van der Waals surface area contributed by atoms with Gasteiger partial charge in [-0.3, -0.25) is 0 Å². The zero-order chi connectivity index (χ0) is 20.1. The van der Waals surface area contributed by atoms with Crippen molar-refractivity contribution in [1.29, 1.82) is 0 Å². The van der Waals surface area contributed by atoms with Gasteiger partial charge < -0.3 is 23.7 Å². The van der Waals surface area contributed by atoms with E-state index >= 15 is 0 Å². The normalized spacial score (nSPS) is 17.4. The van der Waals surface area contributed by atoms with Crippen LogP contribution in [0.15, 0.2) is 42.0 Å². The molecule has 1 heterocycles. The van der Waals surface area contributed by atoms with E-state index in [-0.39, 0.29) is 11.9 Å². The Balaban J connectivity index is 1.86. The Kier molecular flexibility index (Phi) is 6.09. The Hall–Kier alpha value is -3.15. The van der Waals surface area contributed by atoms with Gasteiger partial charge in [0.1, 0.15) is 0 Å². The molecule has 1 aliphatic heterocycles. The molecule has 0 radical (unpaired) electrons. The monoisotopic (exact) mass is 384 g/mol. The Bertz CT molecular complexity index is 887. The Labute approximate surface area is 164 Å². The number of carbonyl (C=O) groups excluding carboxylic acids is 1. The summed E-state index contributed by atoms with van der Waals surface area (Å²) in [5.74, 6) is 2.25. The maximum atomic E-state index is 12.3. The molecule has 1 saturated heterocycles. The first-order valence-electron chi connectivity index (χ1n) is 8.91. The number of methoxy groups -OCH3 is 4. The topological polar surface area (TPSA) is 63.2 Å². The van der Waals surface area contributed by atoms with Gasteiger partial charge in [-0.25, -0.2) is 4.79 Å². The highest BCUT2D eigenvalue weighted by atomic mass is 16.5. The number of hydrogen-bond acceptors (Lipinski definition) is 6. The first-order valence-corrected chi connectivity index (χ1v) is 8.91. The van der Waals surface area contributed by atoms with Gasteiger partial charge in [0.05, 0.1) is 35.0 Å². The number of benzene rings is 2. The van der Waals surface area contributed by atoms with E-state index in [1.165, 1.54) is 0 Å². The van der Waals surface area contributed by atoms with Crippen LogP contribution < -0.4 is 18.9 Å². The molecule has 1 fully saturated rings. The van der Waals surface area contributed by atoms with Gasteiger partial charge in [-0.15, -0.1) is 0 Å². The van der Waals surface area contributed by atoms with Gasteiger partial charge in [-0.05, 0) is 47.9 Å². The first kappa shape index (κ1) is 19.6. The van der Waals surface area contributed by atoms with Crippen LogP contribution in [0.1, 0.15) is 11.1 Å². The highest BCUT2D eigenvalue weighted by molar-refractivity contribution is 5.96. The third-order valence-corrected chi connectivity index (χ3v) is 4.75. The van der Waals surface area contributed by atoms with Crippen LogP contribution in [0.5, 0.6) is 23.0 Å². The van der Waals surface area contributed by atoms with Crippen LogP contribution in [0, 0.1) is 5.92 Å². The van der Waals surface area contributed by atoms with E-state index in [4.69, 9.17) is 23.7 Å². The molecule has 0 spiro atoms. The summed E-state index contributed by atoms with van der Waals surface area (Å²) < 4.78 is 26.6. The van der Waals surface area contributed by atoms with E-state index < -0.39 is 0 Å². The fourth-order valence-electron chi connectivity index (χ4n) is 3.28. The largest absolute Gasteiger partial charge is 0.493 e. The van der Waals surface area contributed by atoms with Gasteiger partial charge in [0.2, 0.25) is 0 Å². The Morgan fingerprint density at radius 3 is 2.14 bits per heavy atom. The molecule has 0 bridgehead atoms. The van der Waals surface area contributed by atoms with Gasteiger partial charge in [-0.1, -0.05) is 12.1 Å². The minimum atomic E-state index is -0.291. The van der Waals surface area contributed by atoms with E-state index in [1.54, 1.807) is 28.4 Å². The molecule has 2 aromatic carbocycles. The molecule has 1 unspecified atom stereocenters. The molecule has 0 N–H and O–H groups in total. The lowest BCUT2D eigenvalue weighted by atomic mass is 9.92. The van der Waals surface area contributed by atoms with Crippen LogP contribution in [-0.4, -0.2) is 41.0 Å². The van der Waals surface area contributed by atoms with Crippen LogP contribution in [0.4, 0.5) is 0 Å². The summed E-state index contributed by atoms with van der Waals surface area (Å²) in [5, 5.41) is 0. The predicted molar refractivity (Wildman–Crippen MR) is 105 cm³/mol. The molecule has 0 saturated carbocycles. The molecule has 0 aromatic heterocycles. The molecule has 6 nitrogen and oxygen atoms in total. The van der Waals surface area contributed by atoms with Crippen molar-refractivity contribution < 1.29 is 28.5 Å². The minimum absolute atomic E-state index is 0.0429. The number of carbonyl (C=O) groups is 1. The van der Waals surface area contributed by atoms with E-state index in [0.29, 0.717) is 41.6 Å². The third kappa shape index (κ3) is 4.06. The zero-order valence-electron chi connectivity index (χ0n) is 16.5. The van der Waals surface area contributed by atoms with Gasteiger partial charge >= 0.3 is 5.97 Å². The SMILES string of the molecule is COc1ccc(C=C2C(=O)OCC2Cc2ccc(OC)c(OC)c2)cc1OC. The molecule has 1 atom stereocenters. The van der Waals surface area contributed by atoms with Crippen molar-refractivity contribution in [3.05, 3.63) is 53.1 Å². The number of rotatable bonds is 7. The summed E-state index contributed by atoms with van der Waals surface area (Å²) in [6, 6.07) is 11.3. The summed E-state index contributed by atoms with van der Waals surface area (Å²) in [4.78, 5) is 12.3. The molecule has 0 aliphatic carbocycles. The Morgan fingerprint density at radius 1 is 0.893 bits per heavy atom. The quantitative estimate of drug-likeness (QED) is 0.538. The lowest BCUT2D eigenvalue weighted by Crippen LogP contribution is -2.08. The van der Waals surface area contributed by atoms with Crippen molar-refractivity contribution in [1.82, 2.24) is 0 Å². The lowest BCUT2D eigenvalue weighted by Gasteiger charge is -2.12. The molecular formula is C22H24O6. The second-order valence-electron chi connectivity index (χ2n) is 6.40. The average Bonchev–Trinajstić information content (AvgIpc) is 3.06. The molecular weight excluding hydrogens is 360 g/mol. The van der Waals surface area contributed by atoms with E-state index in [9.17, 15) is 4.79 Å². The van der Waals surface area contributed by atoms with Crippen molar-refractivity contribution in [3.63, 3.8) is 0 Å². The summed E-state index contributed by atoms with van der Waals surface area (Å²) in [5.41, 5.74) is 2.53. The number of ether oxygens (including phenoxy) is 5. The molecule has 2 aromatic rings. The second-order valence-corrected chi connectivity index (χ2v) is 6.40. The van der Waals surface area contributed by atoms with Gasteiger partial charge in [-0.2, -0.15) is 0 Å². The fraction of sp³-hybridized carbons (Fsp3) is 0.318. The third-order valence-electron chi connectivity index (χ3n) is 4.75. The fourth-order valence-corrected chi connectivity index (χ4v) is 3.28. The van der Waals surface area contributed by atoms with Gasteiger partial charge in [0, 0.05) is 11.5 Å². The number of hydrogen-bond donors (Lipinski definition) is 0. The number of cyclic esters (lactones) is 1. The molecule has 28 heavy (non-hydrogen) atoms. The first-order chi connectivity index (χ1) is 13.6. The maximum absolute atomic E-state index is 12.3. The van der Waals surface area contributed by atoms with Crippen molar-refractivity contribution in [2.75, 3.05) is 35.0 Å². The zero-order valence-corrected chi connectivity index (χ0v) is 16.5. The predicted octanol–water partition coefficient (Wildman–Crippen LogP) is 3.52. The minimum Gasteiger partial charge on any atom is -0.493 e. The molecule has 0 amide bonds. The van der Waals surface area contributed by atoms with E-state index in [1.807, 2.05) is 42.5 Å². The van der Waals surface area contributed by atoms with Crippen LogP contribution >= 0.6 is 0 Å². The highest BCUT2D eigenvalue weighted by Gasteiger charge is 2.30. The number of esters is 1. The van der Waals surface area contributed by atoms with Crippen LogP contribution in [-0.2, 0) is 16.0 Å². The Morgan fingerprint density at radius 2 is 1.50 bits per heavy atom. The molecule has 3 rings (SSSR count). The van der Waals surface area contributed by atoms with Crippen LogP contribution in [0.3, 0.4) is 0 Å². The standard InChI is InChI=1S/C22H24O6/c1-24-18-7-5-14(11-20(18)26-3)9-16-13-28-22(23)17(16)10-15-6-8-19(25-2)21(12-15)27-4/h5-8,10-12,16H,9,13H2,1-4H3. The lowest BCUT2D eigenvalue weighted by molar-refractivity contribution is -0.135. The molecule has 6 heteroatoms. The summed E-state index contributed by atoms with van der Waals surface area (Å²) >= 11 is 0. The average molecular weight is 384 g/mol. The van der Waals surface area contributed by atoms with Gasteiger partial charge in [0.25, 0.3) is 0 Å². The summed E-state index contributed by atoms with van der Waals surface area (Å²) in [6.45, 7) is 0.353. The van der Waals surface area contributed by atoms with Crippen LogP contribution in [0.25, 0.3) is 6.08 Å².